The zero-order valence-corrected chi connectivity index (χ0v) is 69.2. The Morgan fingerprint density at radius 1 is 0.362 bits per heavy atom. The van der Waals surface area contributed by atoms with Crippen LogP contribution in [-0.4, -0.2) is 81.6 Å². The normalized spacial score (nSPS) is 11.0. The van der Waals surface area contributed by atoms with E-state index >= 15 is 0 Å². The van der Waals surface area contributed by atoms with Crippen molar-refractivity contribution >= 4 is 142 Å². The fourth-order valence-corrected chi connectivity index (χ4v) is 16.6. The molecule has 127 heavy (non-hydrogen) atoms. The fraction of sp³-hybridized carbons (Fsp3) is 0.0213. The molecule has 0 atom stereocenters. The molecule has 0 aliphatic heterocycles. The van der Waals surface area contributed by atoms with Crippen LogP contribution < -0.4 is 42.4 Å². The van der Waals surface area contributed by atoms with Crippen molar-refractivity contribution in [3.8, 4) is 89.4 Å². The quantitative estimate of drug-likeness (QED) is 0.0743. The zero-order chi connectivity index (χ0) is 87.8. The van der Waals surface area contributed by atoms with Crippen LogP contribution in [0.2, 0.25) is 5.02 Å². The Hall–Kier alpha value is -16.6. The van der Waals surface area contributed by atoms with Crippen molar-refractivity contribution in [1.29, 1.82) is 0 Å². The smallest absolute Gasteiger partial charge is 0.417 e. The summed E-state index contributed by atoms with van der Waals surface area (Å²) in [5, 5.41) is 15.0. The molecule has 7 N–H and O–H groups in total. The van der Waals surface area contributed by atoms with E-state index < -0.39 is 28.8 Å². The van der Waals surface area contributed by atoms with Gasteiger partial charge in [-0.25, -0.2) is 28.0 Å². The average molecular weight is 1760 g/mol. The second-order valence-corrected chi connectivity index (χ2v) is 31.3. The molecule has 23 rings (SSSR count). The van der Waals surface area contributed by atoms with Gasteiger partial charge in [-0.2, -0.15) is 0 Å². The highest BCUT2D eigenvalue weighted by Gasteiger charge is 2.17. The number of hydrogen-bond donors (Lipinski definition) is 7. The molecular formula is C94H61ClF2N14O13S3. The number of hydrogen-bond acceptors (Lipinski definition) is 23. The zero-order valence-electron chi connectivity index (χ0n) is 66.0. The van der Waals surface area contributed by atoms with Gasteiger partial charge in [-0.3, -0.25) is 69.2 Å². The number of ether oxygens (including phenoxy) is 1. The molecule has 14 aromatic heterocycles. The molecule has 33 heteroatoms. The molecule has 0 spiro atoms. The van der Waals surface area contributed by atoms with Gasteiger partial charge in [-0.15, -0.1) is 0 Å². The van der Waals surface area contributed by atoms with E-state index in [4.69, 9.17) is 34.0 Å². The Balaban J connectivity index is 0.000000105. The van der Waals surface area contributed by atoms with Crippen LogP contribution in [-0.2, 0) is 7.05 Å². The number of fused-ring (bicyclic) bond motifs is 9. The number of halogens is 3. The number of pyridine rings is 7. The summed E-state index contributed by atoms with van der Waals surface area (Å²) >= 11 is 9.81. The molecule has 0 bridgehead atoms. The number of benzene rings is 9. The van der Waals surface area contributed by atoms with Gasteiger partial charge in [-0.05, 0) is 125 Å². The van der Waals surface area contributed by atoms with Gasteiger partial charge in [0.05, 0.1) is 71.0 Å². The van der Waals surface area contributed by atoms with Crippen LogP contribution in [0.3, 0.4) is 0 Å². The van der Waals surface area contributed by atoms with E-state index in [1.807, 2.05) is 122 Å². The maximum Gasteiger partial charge on any atom is 0.417 e. The van der Waals surface area contributed by atoms with E-state index in [9.17, 15) is 47.4 Å². The molecule has 0 amide bonds. The molecule has 0 fully saturated rings. The van der Waals surface area contributed by atoms with E-state index in [2.05, 4.69) is 101 Å². The van der Waals surface area contributed by atoms with Crippen LogP contribution >= 0.6 is 45.6 Å². The van der Waals surface area contributed by atoms with Crippen LogP contribution in [0, 0.1) is 11.6 Å². The van der Waals surface area contributed by atoms with E-state index in [1.165, 1.54) is 57.7 Å². The number of aryl methyl sites for hydroxylation is 1. The first-order valence-electron chi connectivity index (χ1n) is 38.2. The summed E-state index contributed by atoms with van der Waals surface area (Å²) < 4.78 is 56.6. The maximum absolute atomic E-state index is 13.8. The summed E-state index contributed by atoms with van der Waals surface area (Å²) in [6, 6.07) is 62.7. The minimum Gasteiger partial charge on any atom is -0.507 e. The Bertz CT molecular complexity index is 8140. The number of phenols is 1. The first-order chi connectivity index (χ1) is 61.8. The lowest BCUT2D eigenvalue weighted by atomic mass is 10.0. The number of nitrogens with one attached hydrogen (secondary N) is 6. The number of rotatable bonds is 8. The van der Waals surface area contributed by atoms with Crippen molar-refractivity contribution in [3.63, 3.8) is 0 Å². The molecule has 0 saturated heterocycles. The van der Waals surface area contributed by atoms with E-state index in [0.29, 0.717) is 77.4 Å². The third-order valence-corrected chi connectivity index (χ3v) is 22.8. The van der Waals surface area contributed by atoms with Crippen molar-refractivity contribution < 1.29 is 36.3 Å². The second kappa shape index (κ2) is 36.6. The molecule has 624 valence electrons. The minimum atomic E-state index is -0.595. The largest absolute Gasteiger partial charge is 0.507 e. The first-order valence-corrected chi connectivity index (χ1v) is 41.0. The molecule has 23 aromatic rings. The molecule has 0 radical (unpaired) electrons. The SMILES string of the molecule is COc1cc2[nH]c(=O)oc2cc1-c1cccnc1.Cn1c(=O)sc2cc(-c3cncc4ccccc34)ccc21.O=c1[nH]c2cc(Cl)c(-c3cccnc3)cc2o1.O=c1[nH]c2cc(F)c(-c3cccnc3)cc2o1.O=c1[nH]c2cc(O)c(-c3cccnc3)cc2o1.O=c1[nH]c2ccc(-c3cncc(F)c3)cc2s1.O=c1[nH]c2ccc(-c3cncc4ccccc34)cc2s1. The Morgan fingerprint density at radius 2 is 0.787 bits per heavy atom. The van der Waals surface area contributed by atoms with Crippen molar-refractivity contribution in [2.24, 2.45) is 7.05 Å². The summed E-state index contributed by atoms with van der Waals surface area (Å²) in [5.41, 5.74) is 18.0. The number of H-pyrrole nitrogens is 6. The Kier molecular flexibility index (Phi) is 23.9. The van der Waals surface area contributed by atoms with Crippen LogP contribution in [0.5, 0.6) is 11.5 Å². The van der Waals surface area contributed by atoms with Gasteiger partial charge < -0.3 is 42.0 Å². The molecule has 0 aliphatic rings. The van der Waals surface area contributed by atoms with Crippen molar-refractivity contribution in [3.05, 3.63) is 381 Å². The highest BCUT2D eigenvalue weighted by atomic mass is 35.5. The van der Waals surface area contributed by atoms with Crippen molar-refractivity contribution in [2.45, 2.75) is 0 Å². The van der Waals surface area contributed by atoms with Gasteiger partial charge in [0.25, 0.3) is 0 Å². The number of aromatic amines is 6. The highest BCUT2D eigenvalue weighted by molar-refractivity contribution is 7.17. The van der Waals surface area contributed by atoms with Crippen LogP contribution in [0.4, 0.5) is 8.78 Å². The lowest BCUT2D eigenvalue weighted by Crippen LogP contribution is -2.06. The summed E-state index contributed by atoms with van der Waals surface area (Å²) in [4.78, 5) is 123. The number of aromatic nitrogens is 14. The van der Waals surface area contributed by atoms with Gasteiger partial charge in [0.15, 0.2) is 22.3 Å². The van der Waals surface area contributed by atoms with Crippen LogP contribution in [0.15, 0.2) is 344 Å². The Morgan fingerprint density at radius 3 is 1.31 bits per heavy atom. The number of aromatic hydroxyl groups is 1. The van der Waals surface area contributed by atoms with Crippen LogP contribution in [0.25, 0.3) is 174 Å². The number of nitrogens with zero attached hydrogens (tertiary/aromatic N) is 8. The molecule has 0 aliphatic carbocycles. The first kappa shape index (κ1) is 82.7. The van der Waals surface area contributed by atoms with Gasteiger partial charge >= 0.3 is 37.6 Å². The van der Waals surface area contributed by atoms with Gasteiger partial charge in [0, 0.05) is 178 Å². The predicted octanol–water partition coefficient (Wildman–Crippen LogP) is 19.6. The van der Waals surface area contributed by atoms with Crippen molar-refractivity contribution in [2.75, 3.05) is 7.11 Å². The monoisotopic (exact) mass is 1760 g/mol. The van der Waals surface area contributed by atoms with E-state index in [-0.39, 0.29) is 26.2 Å². The summed E-state index contributed by atoms with van der Waals surface area (Å²) in [6.07, 6.45) is 23.5. The van der Waals surface area contributed by atoms with Crippen LogP contribution in [0.1, 0.15) is 0 Å². The molecule has 9 aromatic carbocycles. The average Bonchev–Trinajstić information content (AvgIpc) is 1.70. The van der Waals surface area contributed by atoms with E-state index in [1.54, 1.807) is 123 Å². The minimum absolute atomic E-state index is 0.0202. The second-order valence-electron chi connectivity index (χ2n) is 27.9. The fourth-order valence-electron chi connectivity index (χ4n) is 13.9. The summed E-state index contributed by atoms with van der Waals surface area (Å²) in [6.45, 7) is 0. The lowest BCUT2D eigenvalue weighted by Gasteiger charge is -2.07. The lowest BCUT2D eigenvalue weighted by molar-refractivity contribution is 0.417. The highest BCUT2D eigenvalue weighted by Crippen LogP contribution is 2.38. The predicted molar refractivity (Wildman–Crippen MR) is 490 cm³/mol. The molecular weight excluding hydrogens is 1700 g/mol. The van der Waals surface area contributed by atoms with Crippen molar-refractivity contribution in [1.82, 2.24) is 69.4 Å². The number of thiazole rings is 3. The molecule has 27 nitrogen and oxygen atoms in total. The topological polar surface area (TPSA) is 391 Å². The maximum atomic E-state index is 13.8. The van der Waals surface area contributed by atoms with Gasteiger partial charge in [-0.1, -0.05) is 137 Å². The number of methoxy groups -OCH3 is 1. The third kappa shape index (κ3) is 18.6. The van der Waals surface area contributed by atoms with Gasteiger partial charge in [0.2, 0.25) is 0 Å². The van der Waals surface area contributed by atoms with E-state index in [0.717, 1.165) is 115 Å². The summed E-state index contributed by atoms with van der Waals surface area (Å²) in [7, 11) is 3.39. The third-order valence-electron chi connectivity index (χ3n) is 19.8. The number of phenolic OH excluding ortho intramolecular Hbond substituents is 1. The molecule has 0 saturated carbocycles. The van der Waals surface area contributed by atoms with Gasteiger partial charge in [0.1, 0.15) is 23.1 Å². The number of oxazole rings is 4. The standard InChI is InChI=1S/C17H12N2OS.C16H10N2OS.C13H10N2O3.C12H7ClN2O2.C12H7FN2O2.C12H7FN2OS.C12H8N2O3/c1-19-15-7-6-11(8-16(15)21-17(19)20)14-10-18-9-12-4-2-3-5-13(12)14;19-16-18-14-6-5-10(7-15(14)20-16)13-9-17-8-11-3-1-2-4-12(11)13;1-17-11-6-10-12(18-13(16)15-10)5-9(11)8-3-2-4-14-7-8;2*13-9-5-10-11(17-12(16)15-10)4-8(9)7-2-1-3-14-6-7;13-9-3-8(5-14-6-9)7-1-2-10-11(4-7)17-12(16)15-10;15-10-5-9-11(17-12(16)14-9)4-8(10)7-2-1-3-13-6-7/h2-10H,1H3;1-9H,(H,18,19);2-7H,1H3,(H,15,16);3*1-6H,(H,15,16);1-6,15H,(H,14,16). The molecule has 0 unspecified atom stereocenters. The summed E-state index contributed by atoms with van der Waals surface area (Å²) in [5.74, 6) is -2.16. The molecule has 14 heterocycles. The Labute approximate surface area is 727 Å².